The Labute approximate surface area is 120 Å². The molecule has 1 fully saturated rings. The summed E-state index contributed by atoms with van der Waals surface area (Å²) in [6, 6.07) is 6.42. The summed E-state index contributed by atoms with van der Waals surface area (Å²) in [6.07, 6.45) is 6.46. The van der Waals surface area contributed by atoms with Crippen LogP contribution in [0.25, 0.3) is 0 Å². The maximum Gasteiger partial charge on any atom is 0.193 e. The molecule has 1 aromatic carbocycles. The lowest BCUT2D eigenvalue weighted by atomic mass is 10.1. The number of guanidine groups is 1. The van der Waals surface area contributed by atoms with Gasteiger partial charge in [-0.2, -0.15) is 0 Å². The summed E-state index contributed by atoms with van der Waals surface area (Å²) >= 11 is 0. The maximum atomic E-state index is 9.77. The lowest BCUT2D eigenvalue weighted by Gasteiger charge is -2.12. The van der Waals surface area contributed by atoms with Crippen molar-refractivity contribution in [3.63, 3.8) is 0 Å². The van der Waals surface area contributed by atoms with Gasteiger partial charge in [0.05, 0.1) is 6.10 Å². The minimum atomic E-state index is -0.202. The molecule has 1 aromatic rings. The highest BCUT2D eigenvalue weighted by molar-refractivity contribution is 5.92. The molecule has 0 heterocycles. The molecule has 4 heteroatoms. The zero-order valence-corrected chi connectivity index (χ0v) is 11.8. The summed E-state index contributed by atoms with van der Waals surface area (Å²) in [5, 5.41) is 12.9. The molecule has 20 heavy (non-hydrogen) atoms. The minimum absolute atomic E-state index is 0.202. The lowest BCUT2D eigenvalue weighted by Crippen LogP contribution is -2.25. The molecule has 2 atom stereocenters. The Bertz CT molecular complexity index is 512. The average Bonchev–Trinajstić information content (AvgIpc) is 3.04. The zero-order valence-electron chi connectivity index (χ0n) is 11.8. The van der Waals surface area contributed by atoms with Crippen molar-refractivity contribution in [2.75, 3.05) is 11.9 Å². The van der Waals surface area contributed by atoms with E-state index in [2.05, 4.69) is 28.5 Å². The molecule has 2 aliphatic carbocycles. The maximum absolute atomic E-state index is 9.77. The van der Waals surface area contributed by atoms with Crippen molar-refractivity contribution in [3.05, 3.63) is 29.3 Å². The van der Waals surface area contributed by atoms with Crippen molar-refractivity contribution in [2.45, 2.75) is 44.6 Å². The SMILES string of the molecule is NC(=NC[C@H]1CCC[C@@H]1O)Nc1ccc2c(c1)CCC2. The molecule has 0 radical (unpaired) electrons. The second-order valence-electron chi connectivity index (χ2n) is 5.95. The predicted octanol–water partition coefficient (Wildman–Crippen LogP) is 2.06. The Morgan fingerprint density at radius 1 is 1.25 bits per heavy atom. The number of aliphatic imine (C=N–C) groups is 1. The highest BCUT2D eigenvalue weighted by atomic mass is 16.3. The fourth-order valence-electron chi connectivity index (χ4n) is 3.28. The number of hydrogen-bond acceptors (Lipinski definition) is 2. The van der Waals surface area contributed by atoms with Gasteiger partial charge in [0.1, 0.15) is 0 Å². The van der Waals surface area contributed by atoms with Gasteiger partial charge in [-0.25, -0.2) is 0 Å². The van der Waals surface area contributed by atoms with Gasteiger partial charge >= 0.3 is 0 Å². The number of benzene rings is 1. The van der Waals surface area contributed by atoms with Gasteiger partial charge in [0.2, 0.25) is 0 Å². The fraction of sp³-hybridized carbons (Fsp3) is 0.562. The highest BCUT2D eigenvalue weighted by Crippen LogP contribution is 2.26. The van der Waals surface area contributed by atoms with E-state index >= 15 is 0 Å². The van der Waals surface area contributed by atoms with Crippen molar-refractivity contribution >= 4 is 11.6 Å². The number of rotatable bonds is 3. The lowest BCUT2D eigenvalue weighted by molar-refractivity contribution is 0.137. The van der Waals surface area contributed by atoms with Gasteiger partial charge in [0.25, 0.3) is 0 Å². The van der Waals surface area contributed by atoms with Crippen LogP contribution in [-0.2, 0) is 12.8 Å². The van der Waals surface area contributed by atoms with Crippen molar-refractivity contribution in [3.8, 4) is 0 Å². The quantitative estimate of drug-likeness (QED) is 0.583. The average molecular weight is 273 g/mol. The monoisotopic (exact) mass is 273 g/mol. The van der Waals surface area contributed by atoms with Gasteiger partial charge in [0, 0.05) is 18.2 Å². The third-order valence-electron chi connectivity index (χ3n) is 4.49. The van der Waals surface area contributed by atoms with Gasteiger partial charge in [-0.05, 0) is 55.4 Å². The van der Waals surface area contributed by atoms with Crippen LogP contribution in [0.5, 0.6) is 0 Å². The molecule has 0 amide bonds. The Morgan fingerprint density at radius 2 is 2.10 bits per heavy atom. The first-order chi connectivity index (χ1) is 9.72. The molecule has 4 nitrogen and oxygen atoms in total. The van der Waals surface area contributed by atoms with E-state index in [0.717, 1.165) is 31.4 Å². The fourth-order valence-corrected chi connectivity index (χ4v) is 3.28. The molecule has 2 aliphatic rings. The van der Waals surface area contributed by atoms with Gasteiger partial charge in [0.15, 0.2) is 5.96 Å². The number of hydrogen-bond donors (Lipinski definition) is 3. The first-order valence-corrected chi connectivity index (χ1v) is 7.59. The number of nitrogens with zero attached hydrogens (tertiary/aromatic N) is 1. The van der Waals surface area contributed by atoms with Gasteiger partial charge in [-0.1, -0.05) is 12.5 Å². The minimum Gasteiger partial charge on any atom is -0.393 e. The van der Waals surface area contributed by atoms with Crippen LogP contribution >= 0.6 is 0 Å². The molecule has 0 unspecified atom stereocenters. The van der Waals surface area contributed by atoms with E-state index in [-0.39, 0.29) is 12.0 Å². The molecule has 0 aromatic heterocycles. The summed E-state index contributed by atoms with van der Waals surface area (Å²) in [5.41, 5.74) is 9.83. The van der Waals surface area contributed by atoms with Crippen LogP contribution in [0.3, 0.4) is 0 Å². The molecule has 108 valence electrons. The third-order valence-corrected chi connectivity index (χ3v) is 4.49. The van der Waals surface area contributed by atoms with Crippen molar-refractivity contribution in [1.29, 1.82) is 0 Å². The molecular weight excluding hydrogens is 250 g/mol. The van der Waals surface area contributed by atoms with Crippen LogP contribution in [-0.4, -0.2) is 23.7 Å². The number of nitrogens with one attached hydrogen (secondary N) is 1. The van der Waals surface area contributed by atoms with E-state index in [1.54, 1.807) is 0 Å². The number of anilines is 1. The standard InChI is InChI=1S/C16H23N3O/c17-16(18-10-13-5-2-6-15(13)20)19-14-8-7-11-3-1-4-12(11)9-14/h7-9,13,15,20H,1-6,10H2,(H3,17,18,19)/t13-,15+/m1/s1. The first kappa shape index (κ1) is 13.4. The second kappa shape index (κ2) is 5.83. The van der Waals surface area contributed by atoms with Gasteiger partial charge in [-0.3, -0.25) is 4.99 Å². The Kier molecular flexibility index (Phi) is 3.92. The normalized spacial score (nSPS) is 25.8. The first-order valence-electron chi connectivity index (χ1n) is 7.59. The van der Waals surface area contributed by atoms with Crippen LogP contribution < -0.4 is 11.1 Å². The molecular formula is C16H23N3O. The van der Waals surface area contributed by atoms with Crippen LogP contribution in [0.1, 0.15) is 36.8 Å². The summed E-state index contributed by atoms with van der Waals surface area (Å²) in [5.74, 6) is 0.720. The van der Waals surface area contributed by atoms with E-state index in [1.165, 1.54) is 24.0 Å². The number of aliphatic hydroxyl groups excluding tert-OH is 1. The molecule has 0 spiro atoms. The molecule has 4 N–H and O–H groups in total. The largest absolute Gasteiger partial charge is 0.393 e. The number of aliphatic hydroxyl groups is 1. The Hall–Kier alpha value is -1.55. The molecule has 1 saturated carbocycles. The Morgan fingerprint density at radius 3 is 2.90 bits per heavy atom. The summed E-state index contributed by atoms with van der Waals surface area (Å²) in [7, 11) is 0. The molecule has 0 aliphatic heterocycles. The van der Waals surface area contributed by atoms with Crippen LogP contribution in [0.15, 0.2) is 23.2 Å². The van der Waals surface area contributed by atoms with Crippen LogP contribution in [0.2, 0.25) is 0 Å². The summed E-state index contributed by atoms with van der Waals surface area (Å²) in [4.78, 5) is 4.37. The van der Waals surface area contributed by atoms with E-state index in [0.29, 0.717) is 12.5 Å². The van der Waals surface area contributed by atoms with Gasteiger partial charge in [-0.15, -0.1) is 0 Å². The van der Waals surface area contributed by atoms with E-state index < -0.39 is 0 Å². The topological polar surface area (TPSA) is 70.6 Å². The van der Waals surface area contributed by atoms with Crippen molar-refractivity contribution < 1.29 is 5.11 Å². The number of aryl methyl sites for hydroxylation is 2. The number of nitrogens with two attached hydrogens (primary N) is 1. The van der Waals surface area contributed by atoms with E-state index in [1.807, 2.05) is 0 Å². The number of fused-ring (bicyclic) bond motifs is 1. The second-order valence-corrected chi connectivity index (χ2v) is 5.95. The van der Waals surface area contributed by atoms with Crippen molar-refractivity contribution in [1.82, 2.24) is 0 Å². The Balaban J connectivity index is 1.59. The predicted molar refractivity (Wildman–Crippen MR) is 81.9 cm³/mol. The van der Waals surface area contributed by atoms with Crippen molar-refractivity contribution in [2.24, 2.45) is 16.6 Å². The third kappa shape index (κ3) is 2.96. The molecule has 3 rings (SSSR count). The highest BCUT2D eigenvalue weighted by Gasteiger charge is 2.24. The smallest absolute Gasteiger partial charge is 0.193 e. The molecule has 0 saturated heterocycles. The van der Waals surface area contributed by atoms with Crippen LogP contribution in [0.4, 0.5) is 5.69 Å². The van der Waals surface area contributed by atoms with E-state index in [9.17, 15) is 5.11 Å². The van der Waals surface area contributed by atoms with E-state index in [4.69, 9.17) is 5.73 Å². The van der Waals surface area contributed by atoms with Gasteiger partial charge < -0.3 is 16.2 Å². The zero-order chi connectivity index (χ0) is 13.9. The summed E-state index contributed by atoms with van der Waals surface area (Å²) < 4.78 is 0. The molecule has 0 bridgehead atoms. The van der Waals surface area contributed by atoms with Crippen LogP contribution in [0, 0.1) is 5.92 Å². The summed E-state index contributed by atoms with van der Waals surface area (Å²) in [6.45, 7) is 0.616.